The van der Waals surface area contributed by atoms with Crippen molar-refractivity contribution in [3.63, 3.8) is 0 Å². The van der Waals surface area contributed by atoms with Gasteiger partial charge in [-0.05, 0) is 48.6 Å². The molecule has 0 spiro atoms. The lowest BCUT2D eigenvalue weighted by atomic mass is 10.2. The van der Waals surface area contributed by atoms with Crippen molar-refractivity contribution in [3.05, 3.63) is 59.7 Å². The van der Waals surface area contributed by atoms with Crippen LogP contribution < -0.4 is 10.6 Å². The summed E-state index contributed by atoms with van der Waals surface area (Å²) >= 11 is 1.75. The van der Waals surface area contributed by atoms with Gasteiger partial charge >= 0.3 is 0 Å². The Labute approximate surface area is 189 Å². The highest BCUT2D eigenvalue weighted by Gasteiger charge is 2.07. The first kappa shape index (κ1) is 24.3. The second kappa shape index (κ2) is 12.7. The minimum Gasteiger partial charge on any atom is -0.357 e. The molecule has 0 heterocycles. The number of carbonyl (C=O) groups is 1. The zero-order valence-corrected chi connectivity index (χ0v) is 20.0. The normalized spacial score (nSPS) is 10.8. The SMILES string of the molecule is CCNC(=NCc1cccc(NC(C)=O)c1)N(C)Cc1ccc(SC)cc1.I. The summed E-state index contributed by atoms with van der Waals surface area (Å²) in [6.07, 6.45) is 2.08. The summed E-state index contributed by atoms with van der Waals surface area (Å²) in [6, 6.07) is 16.4. The molecule has 0 aliphatic rings. The molecule has 2 aromatic carbocycles. The lowest BCUT2D eigenvalue weighted by Gasteiger charge is -2.22. The summed E-state index contributed by atoms with van der Waals surface area (Å²) < 4.78 is 0. The van der Waals surface area contributed by atoms with Crippen molar-refractivity contribution < 1.29 is 4.79 Å². The summed E-state index contributed by atoms with van der Waals surface area (Å²) in [6.45, 7) is 5.71. The van der Waals surface area contributed by atoms with Crippen LogP contribution in [0.2, 0.25) is 0 Å². The maximum Gasteiger partial charge on any atom is 0.221 e. The molecule has 0 aliphatic carbocycles. The van der Waals surface area contributed by atoms with E-state index in [2.05, 4.69) is 53.0 Å². The number of thioether (sulfide) groups is 1. The molecular formula is C21H29IN4OS. The highest BCUT2D eigenvalue weighted by atomic mass is 127. The predicted octanol–water partition coefficient (Wildman–Crippen LogP) is 4.58. The molecule has 0 unspecified atom stereocenters. The number of rotatable bonds is 7. The number of halogens is 1. The second-order valence-corrected chi connectivity index (χ2v) is 7.14. The van der Waals surface area contributed by atoms with E-state index in [1.165, 1.54) is 17.4 Å². The van der Waals surface area contributed by atoms with Crippen LogP contribution in [0.4, 0.5) is 5.69 Å². The fourth-order valence-electron chi connectivity index (χ4n) is 2.67. The van der Waals surface area contributed by atoms with E-state index in [1.54, 1.807) is 11.8 Å². The van der Waals surface area contributed by atoms with Crippen molar-refractivity contribution in [2.24, 2.45) is 4.99 Å². The molecule has 2 rings (SSSR count). The molecule has 0 aliphatic heterocycles. The van der Waals surface area contributed by atoms with Gasteiger partial charge < -0.3 is 15.5 Å². The van der Waals surface area contributed by atoms with Gasteiger partial charge in [0.15, 0.2) is 5.96 Å². The molecule has 0 fully saturated rings. The van der Waals surface area contributed by atoms with Gasteiger partial charge in [-0.1, -0.05) is 24.3 Å². The molecule has 2 N–H and O–H groups in total. The zero-order chi connectivity index (χ0) is 19.6. The van der Waals surface area contributed by atoms with Gasteiger partial charge in [-0.3, -0.25) is 4.79 Å². The maximum atomic E-state index is 11.2. The molecule has 5 nitrogen and oxygen atoms in total. The van der Waals surface area contributed by atoms with E-state index < -0.39 is 0 Å². The second-order valence-electron chi connectivity index (χ2n) is 6.26. The highest BCUT2D eigenvalue weighted by Crippen LogP contribution is 2.16. The third kappa shape index (κ3) is 8.10. The topological polar surface area (TPSA) is 56.7 Å². The van der Waals surface area contributed by atoms with Gasteiger partial charge in [0.25, 0.3) is 0 Å². The van der Waals surface area contributed by atoms with Gasteiger partial charge in [-0.25, -0.2) is 4.99 Å². The van der Waals surface area contributed by atoms with E-state index in [4.69, 9.17) is 4.99 Å². The number of amides is 1. The zero-order valence-electron chi connectivity index (χ0n) is 16.9. The summed E-state index contributed by atoms with van der Waals surface area (Å²) in [5.74, 6) is 0.785. The quantitative estimate of drug-likeness (QED) is 0.247. The molecule has 0 atom stereocenters. The van der Waals surface area contributed by atoms with Crippen molar-refractivity contribution >= 4 is 53.3 Å². The first-order valence-electron chi connectivity index (χ1n) is 9.00. The smallest absolute Gasteiger partial charge is 0.221 e. The Hall–Kier alpha value is -1.74. The number of hydrogen-bond acceptors (Lipinski definition) is 3. The van der Waals surface area contributed by atoms with Gasteiger partial charge in [-0.15, -0.1) is 35.7 Å². The van der Waals surface area contributed by atoms with Gasteiger partial charge in [0.1, 0.15) is 0 Å². The van der Waals surface area contributed by atoms with E-state index in [-0.39, 0.29) is 29.9 Å². The van der Waals surface area contributed by atoms with Gasteiger partial charge in [0.2, 0.25) is 5.91 Å². The highest BCUT2D eigenvalue weighted by molar-refractivity contribution is 14.0. The average molecular weight is 512 g/mol. The van der Waals surface area contributed by atoms with Crippen molar-refractivity contribution in [2.75, 3.05) is 25.2 Å². The van der Waals surface area contributed by atoms with Crippen LogP contribution >= 0.6 is 35.7 Å². The van der Waals surface area contributed by atoms with E-state index in [0.29, 0.717) is 6.54 Å². The molecule has 7 heteroatoms. The first-order valence-corrected chi connectivity index (χ1v) is 10.2. The fourth-order valence-corrected chi connectivity index (χ4v) is 3.07. The van der Waals surface area contributed by atoms with Crippen molar-refractivity contribution in [2.45, 2.75) is 31.8 Å². The van der Waals surface area contributed by atoms with Gasteiger partial charge in [-0.2, -0.15) is 0 Å². The molecule has 0 saturated carbocycles. The van der Waals surface area contributed by atoms with Crippen LogP contribution in [0, 0.1) is 0 Å². The first-order chi connectivity index (χ1) is 13.0. The van der Waals surface area contributed by atoms with Crippen LogP contribution in [0.1, 0.15) is 25.0 Å². The van der Waals surface area contributed by atoms with Crippen LogP contribution in [-0.4, -0.2) is 36.6 Å². The number of anilines is 1. The Morgan fingerprint density at radius 2 is 1.86 bits per heavy atom. The monoisotopic (exact) mass is 512 g/mol. The third-order valence-corrected chi connectivity index (χ3v) is 4.68. The summed E-state index contributed by atoms with van der Waals surface area (Å²) in [5.41, 5.74) is 3.09. The number of carbonyl (C=O) groups excluding carboxylic acids is 1. The van der Waals surface area contributed by atoms with Crippen LogP contribution in [0.25, 0.3) is 0 Å². The maximum absolute atomic E-state index is 11.2. The van der Waals surface area contributed by atoms with E-state index in [9.17, 15) is 4.79 Å². The minimum atomic E-state index is -0.0729. The fraction of sp³-hybridized carbons (Fsp3) is 0.333. The third-order valence-electron chi connectivity index (χ3n) is 3.93. The Balaban J connectivity index is 0.00000392. The van der Waals surface area contributed by atoms with E-state index in [1.807, 2.05) is 31.3 Å². The van der Waals surface area contributed by atoms with Gasteiger partial charge in [0, 0.05) is 37.6 Å². The molecular weight excluding hydrogens is 483 g/mol. The molecule has 0 saturated heterocycles. The summed E-state index contributed by atoms with van der Waals surface area (Å²) in [5, 5.41) is 6.15. The minimum absolute atomic E-state index is 0. The lowest BCUT2D eigenvalue weighted by Crippen LogP contribution is -2.38. The van der Waals surface area contributed by atoms with Crippen LogP contribution in [0.5, 0.6) is 0 Å². The van der Waals surface area contributed by atoms with Crippen LogP contribution in [-0.2, 0) is 17.9 Å². The number of hydrogen-bond donors (Lipinski definition) is 2. The van der Waals surface area contributed by atoms with E-state index in [0.717, 1.165) is 30.3 Å². The molecule has 1 amide bonds. The van der Waals surface area contributed by atoms with Crippen molar-refractivity contribution in [1.82, 2.24) is 10.2 Å². The number of nitrogens with zero attached hydrogens (tertiary/aromatic N) is 2. The number of guanidine groups is 1. The Morgan fingerprint density at radius 1 is 1.14 bits per heavy atom. The summed E-state index contributed by atoms with van der Waals surface area (Å²) in [4.78, 5) is 19.4. The molecule has 152 valence electrons. The average Bonchev–Trinajstić information content (AvgIpc) is 2.65. The number of benzene rings is 2. The molecule has 0 aromatic heterocycles. The lowest BCUT2D eigenvalue weighted by molar-refractivity contribution is -0.114. The Bertz CT molecular complexity index is 780. The summed E-state index contributed by atoms with van der Waals surface area (Å²) in [7, 11) is 2.04. The largest absolute Gasteiger partial charge is 0.357 e. The predicted molar refractivity (Wildman–Crippen MR) is 131 cm³/mol. The van der Waals surface area contributed by atoms with Crippen molar-refractivity contribution in [3.8, 4) is 0 Å². The molecule has 2 aromatic rings. The Kier molecular flexibility index (Phi) is 11.0. The van der Waals surface area contributed by atoms with Crippen molar-refractivity contribution in [1.29, 1.82) is 0 Å². The molecule has 0 bridgehead atoms. The van der Waals surface area contributed by atoms with Gasteiger partial charge in [0.05, 0.1) is 6.54 Å². The Morgan fingerprint density at radius 3 is 2.46 bits per heavy atom. The molecule has 28 heavy (non-hydrogen) atoms. The van der Waals surface area contributed by atoms with Crippen LogP contribution in [0.15, 0.2) is 58.4 Å². The number of aliphatic imine (C=N–C) groups is 1. The number of nitrogens with one attached hydrogen (secondary N) is 2. The van der Waals surface area contributed by atoms with Crippen LogP contribution in [0.3, 0.4) is 0 Å². The van der Waals surface area contributed by atoms with E-state index >= 15 is 0 Å². The standard InChI is InChI=1S/C21H28N4OS.HI/c1-5-22-21(25(3)15-17-9-11-20(27-4)12-10-17)23-14-18-7-6-8-19(13-18)24-16(2)26;/h6-13H,5,14-15H2,1-4H3,(H,22,23)(H,24,26);1H. The molecule has 0 radical (unpaired) electrons.